The van der Waals surface area contributed by atoms with Gasteiger partial charge in [0, 0.05) is 12.2 Å². The highest BCUT2D eigenvalue weighted by Crippen LogP contribution is 2.29. The van der Waals surface area contributed by atoms with Gasteiger partial charge in [-0.25, -0.2) is 4.79 Å². The number of alkyl halides is 3. The summed E-state index contributed by atoms with van der Waals surface area (Å²) in [5.74, 6) is -0.438. The molecule has 8 heteroatoms. The lowest BCUT2D eigenvalue weighted by molar-refractivity contribution is -0.143. The van der Waals surface area contributed by atoms with Crippen LogP contribution in [0.25, 0.3) is 0 Å². The van der Waals surface area contributed by atoms with Crippen LogP contribution in [-0.2, 0) is 15.7 Å². The van der Waals surface area contributed by atoms with E-state index >= 15 is 0 Å². The fraction of sp³-hybridized carbons (Fsp3) is 0.385. The summed E-state index contributed by atoms with van der Waals surface area (Å²) in [6.45, 7) is 2.00. The minimum Gasteiger partial charge on any atom is -0.466 e. The number of hydrogen-bond acceptors (Lipinski definition) is 3. The molecule has 0 aliphatic rings. The van der Waals surface area contributed by atoms with Gasteiger partial charge in [-0.15, -0.1) is 0 Å². The zero-order valence-electron chi connectivity index (χ0n) is 11.3. The van der Waals surface area contributed by atoms with E-state index in [4.69, 9.17) is 0 Å². The van der Waals surface area contributed by atoms with E-state index in [1.165, 1.54) is 0 Å². The van der Waals surface area contributed by atoms with Gasteiger partial charge in [-0.05, 0) is 31.2 Å². The number of esters is 1. The Morgan fingerprint density at radius 3 is 2.33 bits per heavy atom. The highest BCUT2D eigenvalue weighted by atomic mass is 19.4. The van der Waals surface area contributed by atoms with Crippen LogP contribution in [0.15, 0.2) is 24.3 Å². The Hall–Kier alpha value is -2.25. The second-order valence-electron chi connectivity index (χ2n) is 4.01. The number of halogens is 3. The first kappa shape index (κ1) is 16.8. The summed E-state index contributed by atoms with van der Waals surface area (Å²) in [6.07, 6.45) is -4.39. The van der Waals surface area contributed by atoms with Crippen molar-refractivity contribution in [2.45, 2.75) is 19.5 Å². The molecule has 0 unspecified atom stereocenters. The van der Waals surface area contributed by atoms with Crippen LogP contribution >= 0.6 is 0 Å². The predicted molar refractivity (Wildman–Crippen MR) is 69.7 cm³/mol. The van der Waals surface area contributed by atoms with Gasteiger partial charge in [0.1, 0.15) is 0 Å². The molecule has 0 saturated carbocycles. The fourth-order valence-corrected chi connectivity index (χ4v) is 1.43. The maximum absolute atomic E-state index is 12.3. The maximum atomic E-state index is 12.3. The van der Waals surface area contributed by atoms with Crippen molar-refractivity contribution < 1.29 is 27.5 Å². The fourth-order valence-electron chi connectivity index (χ4n) is 1.43. The molecular formula is C13H15F3N2O3. The highest BCUT2D eigenvalue weighted by Gasteiger charge is 2.29. The molecular weight excluding hydrogens is 289 g/mol. The molecule has 116 valence electrons. The van der Waals surface area contributed by atoms with E-state index < -0.39 is 23.7 Å². The topological polar surface area (TPSA) is 67.4 Å². The summed E-state index contributed by atoms with van der Waals surface area (Å²) in [6, 6.07) is 3.42. The average Bonchev–Trinajstić information content (AvgIpc) is 2.38. The third-order valence-corrected chi connectivity index (χ3v) is 2.39. The Balaban J connectivity index is 2.40. The average molecular weight is 304 g/mol. The van der Waals surface area contributed by atoms with Gasteiger partial charge in [-0.2, -0.15) is 13.2 Å². The zero-order chi connectivity index (χ0) is 15.9. The predicted octanol–water partition coefficient (Wildman–Crippen LogP) is 2.78. The Morgan fingerprint density at radius 2 is 1.81 bits per heavy atom. The molecule has 0 bridgehead atoms. The number of ether oxygens (including phenoxy) is 1. The lowest BCUT2D eigenvalue weighted by atomic mass is 10.2. The second-order valence-corrected chi connectivity index (χ2v) is 4.01. The number of amides is 2. The second kappa shape index (κ2) is 7.51. The van der Waals surface area contributed by atoms with Crippen LogP contribution in [0.1, 0.15) is 18.9 Å². The molecule has 5 nitrogen and oxygen atoms in total. The van der Waals surface area contributed by atoms with Crippen LogP contribution in [0.5, 0.6) is 0 Å². The highest BCUT2D eigenvalue weighted by molar-refractivity contribution is 5.89. The van der Waals surface area contributed by atoms with Gasteiger partial charge in [-0.3, -0.25) is 4.79 Å². The molecule has 21 heavy (non-hydrogen) atoms. The van der Waals surface area contributed by atoms with Gasteiger partial charge in [0.15, 0.2) is 0 Å². The zero-order valence-corrected chi connectivity index (χ0v) is 11.3. The van der Waals surface area contributed by atoms with Gasteiger partial charge in [0.25, 0.3) is 0 Å². The quantitative estimate of drug-likeness (QED) is 0.822. The molecule has 0 heterocycles. The molecule has 1 aromatic rings. The van der Waals surface area contributed by atoms with Crippen LogP contribution < -0.4 is 10.6 Å². The summed E-state index contributed by atoms with van der Waals surface area (Å²) in [5, 5.41) is 4.75. The number of benzene rings is 1. The Bertz CT molecular complexity index is 486. The normalized spacial score (nSPS) is 10.9. The van der Waals surface area contributed by atoms with Crippen molar-refractivity contribution in [3.8, 4) is 0 Å². The SMILES string of the molecule is CCOC(=O)CCNC(=O)Nc1ccc(C(F)(F)F)cc1. The molecule has 2 amide bonds. The van der Waals surface area contributed by atoms with Crippen molar-refractivity contribution in [2.24, 2.45) is 0 Å². The minimum atomic E-state index is -4.42. The van der Waals surface area contributed by atoms with E-state index in [0.717, 1.165) is 24.3 Å². The smallest absolute Gasteiger partial charge is 0.416 e. The molecule has 0 fully saturated rings. The van der Waals surface area contributed by atoms with E-state index in [9.17, 15) is 22.8 Å². The van der Waals surface area contributed by atoms with Crippen LogP contribution in [0.2, 0.25) is 0 Å². The molecule has 2 N–H and O–H groups in total. The van der Waals surface area contributed by atoms with E-state index in [-0.39, 0.29) is 25.3 Å². The third kappa shape index (κ3) is 6.15. The summed E-state index contributed by atoms with van der Waals surface area (Å²) in [4.78, 5) is 22.5. The van der Waals surface area contributed by atoms with E-state index in [0.29, 0.717) is 0 Å². The van der Waals surface area contributed by atoms with Gasteiger partial charge in [0.2, 0.25) is 0 Å². The molecule has 0 aliphatic heterocycles. The number of anilines is 1. The number of carbonyl (C=O) groups excluding carboxylic acids is 2. The molecule has 0 aromatic heterocycles. The monoisotopic (exact) mass is 304 g/mol. The van der Waals surface area contributed by atoms with Gasteiger partial charge >= 0.3 is 18.2 Å². The first-order chi connectivity index (χ1) is 9.82. The molecule has 1 rings (SSSR count). The van der Waals surface area contributed by atoms with Gasteiger partial charge in [-0.1, -0.05) is 0 Å². The van der Waals surface area contributed by atoms with Crippen LogP contribution in [0, 0.1) is 0 Å². The number of rotatable bonds is 5. The largest absolute Gasteiger partial charge is 0.466 e. The van der Waals surface area contributed by atoms with E-state index in [2.05, 4.69) is 15.4 Å². The summed E-state index contributed by atoms with van der Waals surface area (Å²) in [5.41, 5.74) is -0.576. The summed E-state index contributed by atoms with van der Waals surface area (Å²) in [7, 11) is 0. The number of urea groups is 1. The first-order valence-electron chi connectivity index (χ1n) is 6.20. The van der Waals surface area contributed by atoms with Crippen molar-refractivity contribution in [3.05, 3.63) is 29.8 Å². The Kier molecular flexibility index (Phi) is 6.01. The van der Waals surface area contributed by atoms with Crippen molar-refractivity contribution in [2.75, 3.05) is 18.5 Å². The lowest BCUT2D eigenvalue weighted by Crippen LogP contribution is -2.30. The van der Waals surface area contributed by atoms with Crippen LogP contribution in [-0.4, -0.2) is 25.2 Å². The molecule has 0 atom stereocenters. The van der Waals surface area contributed by atoms with Gasteiger partial charge < -0.3 is 15.4 Å². The van der Waals surface area contributed by atoms with Crippen molar-refractivity contribution >= 4 is 17.7 Å². The molecule has 0 aliphatic carbocycles. The molecule has 1 aromatic carbocycles. The van der Waals surface area contributed by atoms with E-state index in [1.54, 1.807) is 6.92 Å². The summed E-state index contributed by atoms with van der Waals surface area (Å²) >= 11 is 0. The first-order valence-corrected chi connectivity index (χ1v) is 6.20. The molecule has 0 saturated heterocycles. The standard InChI is InChI=1S/C13H15F3N2O3/c1-2-21-11(19)7-8-17-12(20)18-10-5-3-9(4-6-10)13(14,15)16/h3-6H,2,7-8H2,1H3,(H2,17,18,20). The van der Waals surface area contributed by atoms with Crippen LogP contribution in [0.4, 0.5) is 23.7 Å². The number of hydrogen-bond donors (Lipinski definition) is 2. The molecule has 0 spiro atoms. The van der Waals surface area contributed by atoms with E-state index in [1.807, 2.05) is 0 Å². The number of nitrogens with one attached hydrogen (secondary N) is 2. The van der Waals surface area contributed by atoms with Crippen LogP contribution in [0.3, 0.4) is 0 Å². The van der Waals surface area contributed by atoms with Crippen molar-refractivity contribution in [1.82, 2.24) is 5.32 Å². The molecule has 0 radical (unpaired) electrons. The Labute approximate surface area is 119 Å². The third-order valence-electron chi connectivity index (χ3n) is 2.39. The maximum Gasteiger partial charge on any atom is 0.416 e. The summed E-state index contributed by atoms with van der Waals surface area (Å²) < 4.78 is 41.7. The number of carbonyl (C=O) groups is 2. The van der Waals surface area contributed by atoms with Crippen molar-refractivity contribution in [3.63, 3.8) is 0 Å². The minimum absolute atomic E-state index is 0.0221. The Morgan fingerprint density at radius 1 is 1.19 bits per heavy atom. The van der Waals surface area contributed by atoms with Gasteiger partial charge in [0.05, 0.1) is 18.6 Å². The lowest BCUT2D eigenvalue weighted by Gasteiger charge is -2.09. The van der Waals surface area contributed by atoms with Crippen molar-refractivity contribution in [1.29, 1.82) is 0 Å².